The van der Waals surface area contributed by atoms with Crippen LogP contribution in [0.1, 0.15) is 39.0 Å². The second-order valence-corrected chi connectivity index (χ2v) is 6.45. The van der Waals surface area contributed by atoms with Crippen molar-refractivity contribution < 1.29 is 9.84 Å². The molecule has 1 unspecified atom stereocenters. The third-order valence-corrected chi connectivity index (χ3v) is 4.51. The number of aliphatic hydroxyl groups is 1. The molecule has 118 valence electrons. The Kier molecular flexibility index (Phi) is 6.81. The minimum atomic E-state index is -0.505. The predicted octanol–water partition coefficient (Wildman–Crippen LogP) is 3.64. The normalized spacial score (nSPS) is 19.2. The van der Waals surface area contributed by atoms with E-state index in [0.717, 1.165) is 5.92 Å². The molecule has 0 aliphatic heterocycles. The van der Waals surface area contributed by atoms with Gasteiger partial charge in [-0.3, -0.25) is 0 Å². The molecule has 1 aromatic carbocycles. The van der Waals surface area contributed by atoms with Crippen molar-refractivity contribution >= 4 is 11.6 Å². The maximum atomic E-state index is 10.0. The van der Waals surface area contributed by atoms with Gasteiger partial charge in [0.05, 0.1) is 0 Å². The van der Waals surface area contributed by atoms with Crippen LogP contribution in [0.4, 0.5) is 0 Å². The van der Waals surface area contributed by atoms with Crippen LogP contribution in [-0.2, 0) is 0 Å². The van der Waals surface area contributed by atoms with Crippen LogP contribution >= 0.6 is 11.6 Å². The molecule has 21 heavy (non-hydrogen) atoms. The van der Waals surface area contributed by atoms with Gasteiger partial charge < -0.3 is 15.2 Å². The first-order valence-corrected chi connectivity index (χ1v) is 8.33. The summed E-state index contributed by atoms with van der Waals surface area (Å²) in [6, 6.07) is 7.71. The topological polar surface area (TPSA) is 41.5 Å². The standard InChI is InChI=1S/C17H26ClNO2/c1-13(14-6-3-2-4-7-14)19-11-16(20)12-21-17-9-5-8-15(18)10-17/h5,8-10,13-14,16,19-20H,2-4,6-7,11-12H2,1H3/t13-,16?/m1/s1. The van der Waals surface area contributed by atoms with Crippen LogP contribution in [-0.4, -0.2) is 30.4 Å². The molecule has 0 saturated heterocycles. The van der Waals surface area contributed by atoms with Gasteiger partial charge >= 0.3 is 0 Å². The zero-order valence-corrected chi connectivity index (χ0v) is 13.5. The van der Waals surface area contributed by atoms with E-state index in [0.29, 0.717) is 23.4 Å². The van der Waals surface area contributed by atoms with Crippen molar-refractivity contribution in [1.82, 2.24) is 5.32 Å². The summed E-state index contributed by atoms with van der Waals surface area (Å²) in [5, 5.41) is 14.1. The SMILES string of the molecule is C[C@@H](NCC(O)COc1cccc(Cl)c1)C1CCCCC1. The molecule has 1 saturated carbocycles. The number of benzene rings is 1. The van der Waals surface area contributed by atoms with Crippen molar-refractivity contribution in [3.05, 3.63) is 29.3 Å². The van der Waals surface area contributed by atoms with Crippen molar-refractivity contribution in [2.45, 2.75) is 51.2 Å². The highest BCUT2D eigenvalue weighted by atomic mass is 35.5. The van der Waals surface area contributed by atoms with E-state index >= 15 is 0 Å². The van der Waals surface area contributed by atoms with Gasteiger partial charge in [-0.05, 0) is 43.9 Å². The number of nitrogens with one attached hydrogen (secondary N) is 1. The molecule has 0 radical (unpaired) electrons. The van der Waals surface area contributed by atoms with E-state index in [-0.39, 0.29) is 6.61 Å². The molecule has 2 N–H and O–H groups in total. The van der Waals surface area contributed by atoms with Gasteiger partial charge in [-0.1, -0.05) is 36.9 Å². The predicted molar refractivity (Wildman–Crippen MR) is 87.0 cm³/mol. The summed E-state index contributed by atoms with van der Waals surface area (Å²) in [7, 11) is 0. The molecule has 4 heteroatoms. The highest BCUT2D eigenvalue weighted by Crippen LogP contribution is 2.26. The first kappa shape index (κ1) is 16.6. The average molecular weight is 312 g/mol. The van der Waals surface area contributed by atoms with Crippen molar-refractivity contribution in [2.24, 2.45) is 5.92 Å². The molecule has 1 aliphatic carbocycles. The van der Waals surface area contributed by atoms with Crippen LogP contribution in [0.15, 0.2) is 24.3 Å². The largest absolute Gasteiger partial charge is 0.491 e. The van der Waals surface area contributed by atoms with Gasteiger partial charge in [0.1, 0.15) is 18.5 Å². The molecule has 1 fully saturated rings. The van der Waals surface area contributed by atoms with E-state index in [1.807, 2.05) is 12.1 Å². The third-order valence-electron chi connectivity index (χ3n) is 4.27. The molecule has 2 rings (SSSR count). The van der Waals surface area contributed by atoms with Gasteiger partial charge in [0.15, 0.2) is 0 Å². The molecule has 0 heterocycles. The van der Waals surface area contributed by atoms with Crippen molar-refractivity contribution in [1.29, 1.82) is 0 Å². The Morgan fingerprint density at radius 3 is 2.81 bits per heavy atom. The Morgan fingerprint density at radius 1 is 1.33 bits per heavy atom. The van der Waals surface area contributed by atoms with Crippen LogP contribution < -0.4 is 10.1 Å². The average Bonchev–Trinajstić information content (AvgIpc) is 2.51. The molecule has 1 aliphatic rings. The van der Waals surface area contributed by atoms with E-state index in [2.05, 4.69) is 12.2 Å². The molecule has 2 atom stereocenters. The Balaban J connectivity index is 1.66. The minimum absolute atomic E-state index is 0.282. The third kappa shape index (κ3) is 5.85. The van der Waals surface area contributed by atoms with Crippen LogP contribution in [0.5, 0.6) is 5.75 Å². The minimum Gasteiger partial charge on any atom is -0.491 e. The van der Waals surface area contributed by atoms with Gasteiger partial charge in [0, 0.05) is 17.6 Å². The number of halogens is 1. The summed E-state index contributed by atoms with van der Waals surface area (Å²) < 4.78 is 5.55. The lowest BCUT2D eigenvalue weighted by molar-refractivity contribution is 0.100. The lowest BCUT2D eigenvalue weighted by Crippen LogP contribution is -2.40. The molecule has 3 nitrogen and oxygen atoms in total. The maximum absolute atomic E-state index is 10.0. The fourth-order valence-electron chi connectivity index (χ4n) is 2.93. The van der Waals surface area contributed by atoms with Crippen molar-refractivity contribution in [2.75, 3.05) is 13.2 Å². The Bertz CT molecular complexity index is 421. The van der Waals surface area contributed by atoms with Crippen LogP contribution in [0.25, 0.3) is 0 Å². The number of rotatable bonds is 7. The lowest BCUT2D eigenvalue weighted by atomic mass is 9.84. The smallest absolute Gasteiger partial charge is 0.120 e. The van der Waals surface area contributed by atoms with Crippen molar-refractivity contribution in [3.63, 3.8) is 0 Å². The molecule has 1 aromatic rings. The Hall–Kier alpha value is -0.770. The van der Waals surface area contributed by atoms with Gasteiger partial charge in [-0.2, -0.15) is 0 Å². The van der Waals surface area contributed by atoms with Crippen LogP contribution in [0.2, 0.25) is 5.02 Å². The second-order valence-electron chi connectivity index (χ2n) is 6.02. The highest BCUT2D eigenvalue weighted by molar-refractivity contribution is 6.30. The monoisotopic (exact) mass is 311 g/mol. The zero-order chi connectivity index (χ0) is 15.1. The zero-order valence-electron chi connectivity index (χ0n) is 12.7. The lowest BCUT2D eigenvalue weighted by Gasteiger charge is -2.29. The molecule has 0 bridgehead atoms. The summed E-state index contributed by atoms with van der Waals surface area (Å²) in [6.07, 6.45) is 6.18. The molecule has 0 spiro atoms. The first-order chi connectivity index (χ1) is 10.1. The van der Waals surface area contributed by atoms with Crippen LogP contribution in [0, 0.1) is 5.92 Å². The number of ether oxygens (including phenoxy) is 1. The van der Waals surface area contributed by atoms with Gasteiger partial charge in [0.2, 0.25) is 0 Å². The molecular formula is C17H26ClNO2. The number of aliphatic hydroxyl groups excluding tert-OH is 1. The molecule has 0 aromatic heterocycles. The number of hydrogen-bond donors (Lipinski definition) is 2. The summed E-state index contributed by atoms with van der Waals surface area (Å²) in [5.74, 6) is 1.45. The van der Waals surface area contributed by atoms with E-state index in [1.54, 1.807) is 12.1 Å². The number of hydrogen-bond acceptors (Lipinski definition) is 3. The molecule has 0 amide bonds. The quantitative estimate of drug-likeness (QED) is 0.808. The summed E-state index contributed by atoms with van der Waals surface area (Å²) >= 11 is 5.89. The van der Waals surface area contributed by atoms with Gasteiger partial charge in [0.25, 0.3) is 0 Å². The van der Waals surface area contributed by atoms with E-state index in [9.17, 15) is 5.11 Å². The Labute approximate surface area is 132 Å². The van der Waals surface area contributed by atoms with Crippen LogP contribution in [0.3, 0.4) is 0 Å². The fraction of sp³-hybridized carbons (Fsp3) is 0.647. The van der Waals surface area contributed by atoms with E-state index in [1.165, 1.54) is 32.1 Å². The second kappa shape index (κ2) is 8.62. The Morgan fingerprint density at radius 2 is 2.10 bits per heavy atom. The van der Waals surface area contributed by atoms with E-state index < -0.39 is 6.10 Å². The summed E-state index contributed by atoms with van der Waals surface area (Å²) in [5.41, 5.74) is 0. The first-order valence-electron chi connectivity index (χ1n) is 7.95. The summed E-state index contributed by atoms with van der Waals surface area (Å²) in [6.45, 7) is 3.07. The van der Waals surface area contributed by atoms with Crippen molar-refractivity contribution in [3.8, 4) is 5.75 Å². The van der Waals surface area contributed by atoms with Gasteiger partial charge in [-0.25, -0.2) is 0 Å². The summed E-state index contributed by atoms with van der Waals surface area (Å²) in [4.78, 5) is 0. The van der Waals surface area contributed by atoms with E-state index in [4.69, 9.17) is 16.3 Å². The van der Waals surface area contributed by atoms with Gasteiger partial charge in [-0.15, -0.1) is 0 Å². The fourth-order valence-corrected chi connectivity index (χ4v) is 3.11. The highest BCUT2D eigenvalue weighted by Gasteiger charge is 2.20. The molecular weight excluding hydrogens is 286 g/mol. The maximum Gasteiger partial charge on any atom is 0.120 e.